The van der Waals surface area contributed by atoms with Crippen LogP contribution in [0.5, 0.6) is 0 Å². The Morgan fingerprint density at radius 2 is 2.09 bits per heavy atom. The van der Waals surface area contributed by atoms with E-state index in [-0.39, 0.29) is 11.9 Å². The number of hydrogen-bond acceptors (Lipinski definition) is 4. The van der Waals surface area contributed by atoms with E-state index in [9.17, 15) is 9.59 Å². The molecule has 0 aliphatic rings. The van der Waals surface area contributed by atoms with Gasteiger partial charge in [0.2, 0.25) is 0 Å². The molecule has 0 aromatic carbocycles. The highest BCUT2D eigenvalue weighted by molar-refractivity contribution is 6.00. The lowest BCUT2D eigenvalue weighted by Crippen LogP contribution is -2.30. The number of nitrogens with one attached hydrogen (secondary N) is 1. The molecule has 1 unspecified atom stereocenters. The van der Waals surface area contributed by atoms with Gasteiger partial charge in [0, 0.05) is 12.7 Å². The Bertz CT molecular complexity index is 701. The molecule has 6 nitrogen and oxygen atoms in total. The van der Waals surface area contributed by atoms with Crippen molar-refractivity contribution in [2.24, 2.45) is 0 Å². The standard InChI is InChI=1S/C17H22N2O4/c1-6-22-17(21)14-10(2)15(18-11(14)3)16(20)19(5)12(4)13-8-7-9-23-13/h7-9,12,18H,6H2,1-5H3. The lowest BCUT2D eigenvalue weighted by molar-refractivity contribution is 0.0525. The van der Waals surface area contributed by atoms with Crippen LogP contribution in [0.1, 0.15) is 57.8 Å². The van der Waals surface area contributed by atoms with Crippen LogP contribution in [-0.4, -0.2) is 35.4 Å². The lowest BCUT2D eigenvalue weighted by Gasteiger charge is -2.23. The number of aryl methyl sites for hydroxylation is 1. The van der Waals surface area contributed by atoms with E-state index in [1.54, 1.807) is 45.0 Å². The van der Waals surface area contributed by atoms with Gasteiger partial charge in [-0.25, -0.2) is 4.79 Å². The van der Waals surface area contributed by atoms with Crippen LogP contribution in [0.2, 0.25) is 0 Å². The van der Waals surface area contributed by atoms with Gasteiger partial charge in [0.25, 0.3) is 5.91 Å². The number of H-pyrrole nitrogens is 1. The summed E-state index contributed by atoms with van der Waals surface area (Å²) >= 11 is 0. The number of aromatic amines is 1. The number of esters is 1. The number of carbonyl (C=O) groups excluding carboxylic acids is 2. The van der Waals surface area contributed by atoms with E-state index >= 15 is 0 Å². The molecule has 6 heteroatoms. The van der Waals surface area contributed by atoms with Crippen molar-refractivity contribution in [3.63, 3.8) is 0 Å². The predicted molar refractivity (Wildman–Crippen MR) is 85.4 cm³/mol. The fraction of sp³-hybridized carbons (Fsp3) is 0.412. The Kier molecular flexibility index (Phi) is 4.93. The first-order chi connectivity index (χ1) is 10.9. The third kappa shape index (κ3) is 3.16. The Morgan fingerprint density at radius 1 is 1.39 bits per heavy atom. The van der Waals surface area contributed by atoms with Gasteiger partial charge in [-0.2, -0.15) is 0 Å². The molecule has 0 fully saturated rings. The van der Waals surface area contributed by atoms with E-state index in [0.717, 1.165) is 0 Å². The van der Waals surface area contributed by atoms with Crippen LogP contribution in [0.15, 0.2) is 22.8 Å². The summed E-state index contributed by atoms with van der Waals surface area (Å²) in [5.41, 5.74) is 2.05. The number of hydrogen-bond donors (Lipinski definition) is 1. The summed E-state index contributed by atoms with van der Waals surface area (Å²) in [5.74, 6) is 0.0805. The molecular formula is C17H22N2O4. The van der Waals surface area contributed by atoms with E-state index in [0.29, 0.717) is 34.9 Å². The normalized spacial score (nSPS) is 12.0. The van der Waals surface area contributed by atoms with Gasteiger partial charge in [-0.1, -0.05) is 0 Å². The van der Waals surface area contributed by atoms with Crippen molar-refractivity contribution in [1.82, 2.24) is 9.88 Å². The van der Waals surface area contributed by atoms with Gasteiger partial charge < -0.3 is 19.0 Å². The number of ether oxygens (including phenoxy) is 1. The maximum absolute atomic E-state index is 12.7. The maximum Gasteiger partial charge on any atom is 0.340 e. The minimum atomic E-state index is -0.417. The van der Waals surface area contributed by atoms with E-state index in [2.05, 4.69) is 4.98 Å². The van der Waals surface area contributed by atoms with Crippen LogP contribution in [0.3, 0.4) is 0 Å². The van der Waals surface area contributed by atoms with Gasteiger partial charge in [0.1, 0.15) is 11.5 Å². The number of amides is 1. The quantitative estimate of drug-likeness (QED) is 0.859. The predicted octanol–water partition coefficient (Wildman–Crippen LogP) is 3.23. The SMILES string of the molecule is CCOC(=O)c1c(C)[nH]c(C(=O)N(C)C(C)c2ccco2)c1C. The van der Waals surface area contributed by atoms with Crippen LogP contribution in [0.25, 0.3) is 0 Å². The number of aromatic nitrogens is 1. The molecular weight excluding hydrogens is 296 g/mol. The van der Waals surface area contributed by atoms with Gasteiger partial charge in [0.15, 0.2) is 0 Å². The first-order valence-corrected chi connectivity index (χ1v) is 7.55. The van der Waals surface area contributed by atoms with Crippen LogP contribution in [0.4, 0.5) is 0 Å². The van der Waals surface area contributed by atoms with E-state index in [1.807, 2.05) is 13.0 Å². The molecule has 1 atom stereocenters. The lowest BCUT2D eigenvalue weighted by atomic mass is 10.1. The van der Waals surface area contributed by atoms with Crippen LogP contribution in [-0.2, 0) is 4.74 Å². The summed E-state index contributed by atoms with van der Waals surface area (Å²) in [4.78, 5) is 29.4. The van der Waals surface area contributed by atoms with Crippen molar-refractivity contribution in [2.45, 2.75) is 33.7 Å². The van der Waals surface area contributed by atoms with E-state index < -0.39 is 5.97 Å². The van der Waals surface area contributed by atoms with Crippen molar-refractivity contribution < 1.29 is 18.7 Å². The summed E-state index contributed by atoms with van der Waals surface area (Å²) in [7, 11) is 1.70. The molecule has 0 saturated heterocycles. The zero-order valence-electron chi connectivity index (χ0n) is 14.1. The fourth-order valence-electron chi connectivity index (χ4n) is 2.55. The van der Waals surface area contributed by atoms with E-state index in [4.69, 9.17) is 9.15 Å². The second-order valence-corrected chi connectivity index (χ2v) is 5.45. The Morgan fingerprint density at radius 3 is 2.65 bits per heavy atom. The largest absolute Gasteiger partial charge is 0.467 e. The average molecular weight is 318 g/mol. The molecule has 0 aliphatic heterocycles. The van der Waals surface area contributed by atoms with Crippen molar-refractivity contribution in [3.8, 4) is 0 Å². The highest BCUT2D eigenvalue weighted by Gasteiger charge is 2.27. The number of furan rings is 1. The molecule has 2 rings (SSSR count). The minimum absolute atomic E-state index is 0.204. The van der Waals surface area contributed by atoms with Crippen LogP contribution in [0, 0.1) is 13.8 Å². The summed E-state index contributed by atoms with van der Waals surface area (Å²) in [5, 5.41) is 0. The molecule has 2 aromatic heterocycles. The van der Waals surface area contributed by atoms with Gasteiger partial charge in [-0.05, 0) is 45.4 Å². The highest BCUT2D eigenvalue weighted by Crippen LogP contribution is 2.24. The molecule has 2 aromatic rings. The molecule has 0 radical (unpaired) electrons. The Labute approximate surface area is 135 Å². The molecule has 124 valence electrons. The third-order valence-electron chi connectivity index (χ3n) is 3.99. The number of carbonyl (C=O) groups is 2. The molecule has 0 aliphatic carbocycles. The highest BCUT2D eigenvalue weighted by atomic mass is 16.5. The topological polar surface area (TPSA) is 75.5 Å². The van der Waals surface area contributed by atoms with Gasteiger partial charge >= 0.3 is 5.97 Å². The number of rotatable bonds is 5. The molecule has 0 bridgehead atoms. The summed E-state index contributed by atoms with van der Waals surface area (Å²) in [6.45, 7) is 7.43. The zero-order chi connectivity index (χ0) is 17.1. The summed E-state index contributed by atoms with van der Waals surface area (Å²) < 4.78 is 10.4. The van der Waals surface area contributed by atoms with Crippen molar-refractivity contribution in [2.75, 3.05) is 13.7 Å². The summed E-state index contributed by atoms with van der Waals surface area (Å²) in [6.07, 6.45) is 1.58. The second kappa shape index (κ2) is 6.73. The Hall–Kier alpha value is -2.50. The summed E-state index contributed by atoms with van der Waals surface area (Å²) in [6, 6.07) is 3.39. The van der Waals surface area contributed by atoms with Crippen LogP contribution < -0.4 is 0 Å². The molecule has 0 saturated carbocycles. The minimum Gasteiger partial charge on any atom is -0.467 e. The van der Waals surface area contributed by atoms with Crippen molar-refractivity contribution in [1.29, 1.82) is 0 Å². The van der Waals surface area contributed by atoms with Crippen molar-refractivity contribution >= 4 is 11.9 Å². The molecule has 2 heterocycles. The van der Waals surface area contributed by atoms with Crippen LogP contribution >= 0.6 is 0 Å². The van der Waals surface area contributed by atoms with Gasteiger partial charge in [-0.15, -0.1) is 0 Å². The molecule has 0 spiro atoms. The van der Waals surface area contributed by atoms with E-state index in [1.165, 1.54) is 0 Å². The zero-order valence-corrected chi connectivity index (χ0v) is 14.1. The third-order valence-corrected chi connectivity index (χ3v) is 3.99. The molecule has 23 heavy (non-hydrogen) atoms. The van der Waals surface area contributed by atoms with Gasteiger partial charge in [0.05, 0.1) is 24.5 Å². The maximum atomic E-state index is 12.7. The number of nitrogens with zero attached hydrogens (tertiary/aromatic N) is 1. The fourth-order valence-corrected chi connectivity index (χ4v) is 2.55. The Balaban J connectivity index is 2.29. The second-order valence-electron chi connectivity index (χ2n) is 5.45. The molecule has 1 amide bonds. The first-order valence-electron chi connectivity index (χ1n) is 7.55. The van der Waals surface area contributed by atoms with Crippen molar-refractivity contribution in [3.05, 3.63) is 46.7 Å². The monoisotopic (exact) mass is 318 g/mol. The average Bonchev–Trinajstić information content (AvgIpc) is 3.13. The smallest absolute Gasteiger partial charge is 0.340 e. The first kappa shape index (κ1) is 16.9. The van der Waals surface area contributed by atoms with Gasteiger partial charge in [-0.3, -0.25) is 4.79 Å². The molecule has 1 N–H and O–H groups in total.